The molecule has 1 aliphatic rings. The normalized spacial score (nSPS) is 11.9. The maximum absolute atomic E-state index is 7.11. The van der Waals surface area contributed by atoms with E-state index in [2.05, 4.69) is 47.7 Å². The largest absolute Gasteiger partial charge is 0.324 e. The summed E-state index contributed by atoms with van der Waals surface area (Å²) in [6, 6.07) is 15.6. The Morgan fingerprint density at radius 2 is 1.93 bits per heavy atom. The topological polar surface area (TPSA) is 40.0 Å². The van der Waals surface area contributed by atoms with E-state index in [9.17, 15) is 0 Å². The van der Waals surface area contributed by atoms with Gasteiger partial charge in [0, 0.05) is 10.0 Å². The average molecular weight is 437 g/mol. The number of hydrogen-bond donors (Lipinski definition) is 0. The maximum atomic E-state index is 7.11. The van der Waals surface area contributed by atoms with Crippen LogP contribution in [0.3, 0.4) is 0 Å². The number of rotatable bonds is 1. The summed E-state index contributed by atoms with van der Waals surface area (Å²) in [5.41, 5.74) is 5.56. The van der Waals surface area contributed by atoms with Crippen molar-refractivity contribution in [1.82, 2.24) is 19.3 Å². The smallest absolute Gasteiger partial charge is 0.187 e. The third-order valence-corrected chi connectivity index (χ3v) is 5.65. The van der Waals surface area contributed by atoms with E-state index in [0.717, 1.165) is 38.4 Å². The number of nitrogens with zero attached hydrogens (tertiary/aromatic N) is 5. The molecule has 7 heteroatoms. The minimum Gasteiger partial charge on any atom is -0.324 e. The van der Waals surface area contributed by atoms with Crippen molar-refractivity contribution in [3.63, 3.8) is 0 Å². The van der Waals surface area contributed by atoms with Crippen molar-refractivity contribution < 1.29 is 0 Å². The highest BCUT2D eigenvalue weighted by atomic mass is 79.9. The van der Waals surface area contributed by atoms with Gasteiger partial charge in [-0.1, -0.05) is 51.8 Å². The Bertz CT molecular complexity index is 1230. The van der Waals surface area contributed by atoms with Crippen LogP contribution in [-0.2, 0) is 6.54 Å². The van der Waals surface area contributed by atoms with Gasteiger partial charge in [-0.15, -0.1) is 10.2 Å². The van der Waals surface area contributed by atoms with Crippen LogP contribution in [-0.4, -0.2) is 19.3 Å². The molecule has 0 unspecified atom stereocenters. The molecule has 0 aliphatic carbocycles. The highest BCUT2D eigenvalue weighted by Gasteiger charge is 2.25. The fourth-order valence-electron chi connectivity index (χ4n) is 3.46. The Morgan fingerprint density at radius 1 is 1.11 bits per heavy atom. The van der Waals surface area contributed by atoms with Crippen LogP contribution >= 0.6 is 27.5 Å². The Morgan fingerprint density at radius 3 is 2.70 bits per heavy atom. The molecule has 0 radical (unpaired) electrons. The van der Waals surface area contributed by atoms with Crippen LogP contribution in [0, 0.1) is 6.57 Å². The Kier molecular flexibility index (Phi) is 3.67. The molecule has 27 heavy (non-hydrogen) atoms. The Labute approximate surface area is 168 Å². The van der Waals surface area contributed by atoms with E-state index in [1.165, 1.54) is 0 Å². The minimum atomic E-state index is 0.606. The average Bonchev–Trinajstić information content (AvgIpc) is 3.25. The predicted octanol–water partition coefficient (Wildman–Crippen LogP) is 5.73. The third kappa shape index (κ3) is 2.51. The molecular weight excluding hydrogens is 426 g/mol. The highest BCUT2D eigenvalue weighted by molar-refractivity contribution is 9.10. The van der Waals surface area contributed by atoms with Gasteiger partial charge in [-0.05, 0) is 35.4 Å². The molecule has 2 aromatic carbocycles. The van der Waals surface area contributed by atoms with Crippen molar-refractivity contribution in [2.75, 3.05) is 0 Å². The molecule has 5 rings (SSSR count). The second-order valence-corrected chi connectivity index (χ2v) is 7.55. The van der Waals surface area contributed by atoms with Crippen molar-refractivity contribution in [3.05, 3.63) is 81.5 Å². The highest BCUT2D eigenvalue weighted by Crippen LogP contribution is 2.39. The van der Waals surface area contributed by atoms with E-state index in [0.29, 0.717) is 17.4 Å². The first-order valence-corrected chi connectivity index (χ1v) is 9.39. The monoisotopic (exact) mass is 435 g/mol. The molecule has 4 aromatic rings. The lowest BCUT2D eigenvalue weighted by atomic mass is 10.1. The first-order chi connectivity index (χ1) is 13.2. The molecule has 0 saturated carbocycles. The molecule has 3 heterocycles. The fourth-order valence-corrected chi connectivity index (χ4v) is 4.18. The number of halogens is 2. The number of aromatic nitrogens is 4. The summed E-state index contributed by atoms with van der Waals surface area (Å²) < 4.78 is 5.05. The molecule has 0 amide bonds. The summed E-state index contributed by atoms with van der Waals surface area (Å²) in [5, 5.41) is 9.09. The molecule has 0 bridgehead atoms. The van der Waals surface area contributed by atoms with Crippen molar-refractivity contribution in [2.45, 2.75) is 6.54 Å². The first kappa shape index (κ1) is 16.3. The molecular formula is C20H11BrClN5. The summed E-state index contributed by atoms with van der Waals surface area (Å²) in [7, 11) is 0. The van der Waals surface area contributed by atoms with Gasteiger partial charge in [-0.3, -0.25) is 4.57 Å². The van der Waals surface area contributed by atoms with Gasteiger partial charge in [0.25, 0.3) is 0 Å². The lowest BCUT2D eigenvalue weighted by Crippen LogP contribution is -2.01. The van der Waals surface area contributed by atoms with Gasteiger partial charge in [0.1, 0.15) is 11.5 Å². The third-order valence-electron chi connectivity index (χ3n) is 4.74. The van der Waals surface area contributed by atoms with Crippen molar-refractivity contribution in [1.29, 1.82) is 0 Å². The molecule has 0 atom stereocenters. The van der Waals surface area contributed by atoms with Crippen LogP contribution in [0.25, 0.3) is 33.2 Å². The summed E-state index contributed by atoms with van der Waals surface area (Å²) >= 11 is 10.3. The van der Waals surface area contributed by atoms with Crippen LogP contribution in [0.5, 0.6) is 0 Å². The summed E-state index contributed by atoms with van der Waals surface area (Å²) in [5.74, 6) is 0.752. The molecule has 0 saturated heterocycles. The van der Waals surface area contributed by atoms with Gasteiger partial charge in [-0.2, -0.15) is 0 Å². The van der Waals surface area contributed by atoms with Gasteiger partial charge < -0.3 is 4.57 Å². The van der Waals surface area contributed by atoms with Crippen molar-refractivity contribution >= 4 is 33.2 Å². The van der Waals surface area contributed by atoms with Gasteiger partial charge >= 0.3 is 0 Å². The Balaban J connectivity index is 1.74. The number of benzene rings is 2. The van der Waals surface area contributed by atoms with Crippen LogP contribution < -0.4 is 0 Å². The van der Waals surface area contributed by atoms with Crippen LogP contribution in [0.15, 0.2) is 59.3 Å². The van der Waals surface area contributed by atoms with E-state index in [1.807, 2.05) is 28.8 Å². The van der Waals surface area contributed by atoms with E-state index < -0.39 is 0 Å². The van der Waals surface area contributed by atoms with Crippen molar-refractivity contribution in [3.8, 4) is 28.3 Å². The standard InChI is InChI=1S/C20H11BrClN5/c1-23-15-5-2-12(3-6-15)16-9-18-20-25-24-11-27(20)17-7-4-14(21)8-13(17)10-26(18)19(16)22/h2-9,11H,10H2. The first-order valence-electron chi connectivity index (χ1n) is 8.22. The van der Waals surface area contributed by atoms with Crippen LogP contribution in [0.1, 0.15) is 5.56 Å². The van der Waals surface area contributed by atoms with E-state index in [4.69, 9.17) is 18.2 Å². The molecule has 5 nitrogen and oxygen atoms in total. The zero-order valence-corrected chi connectivity index (χ0v) is 16.2. The van der Waals surface area contributed by atoms with Gasteiger partial charge in [0.05, 0.1) is 24.5 Å². The van der Waals surface area contributed by atoms with E-state index in [1.54, 1.807) is 18.5 Å². The zero-order valence-electron chi connectivity index (χ0n) is 13.9. The van der Waals surface area contributed by atoms with Crippen LogP contribution in [0.4, 0.5) is 5.69 Å². The predicted molar refractivity (Wildman–Crippen MR) is 108 cm³/mol. The van der Waals surface area contributed by atoms with E-state index >= 15 is 0 Å². The molecule has 2 aromatic heterocycles. The molecule has 0 N–H and O–H groups in total. The minimum absolute atomic E-state index is 0.606. The lowest BCUT2D eigenvalue weighted by Gasteiger charge is -2.10. The van der Waals surface area contributed by atoms with Gasteiger partial charge in [0.2, 0.25) is 0 Å². The van der Waals surface area contributed by atoms with E-state index in [-0.39, 0.29) is 0 Å². The summed E-state index contributed by atoms with van der Waals surface area (Å²) in [4.78, 5) is 3.45. The summed E-state index contributed by atoms with van der Waals surface area (Å²) in [6.45, 7) is 7.75. The number of fused-ring (bicyclic) bond motifs is 5. The SMILES string of the molecule is [C-]#[N+]c1ccc(-c2cc3n(c2Cl)Cc2cc(Br)ccc2-n2cnnc2-3)cc1. The van der Waals surface area contributed by atoms with Gasteiger partial charge in [-0.25, -0.2) is 4.85 Å². The van der Waals surface area contributed by atoms with Gasteiger partial charge in [0.15, 0.2) is 11.5 Å². The molecule has 0 spiro atoms. The summed E-state index contributed by atoms with van der Waals surface area (Å²) in [6.07, 6.45) is 1.73. The fraction of sp³-hybridized carbons (Fsp3) is 0.0500. The Hall–Kier alpha value is -2.88. The number of hydrogen-bond acceptors (Lipinski definition) is 2. The quantitative estimate of drug-likeness (QED) is 0.315. The second-order valence-electron chi connectivity index (χ2n) is 6.28. The molecule has 0 fully saturated rings. The van der Waals surface area contributed by atoms with Crippen LogP contribution in [0.2, 0.25) is 5.15 Å². The molecule has 130 valence electrons. The lowest BCUT2D eigenvalue weighted by molar-refractivity contribution is 0.817. The second kappa shape index (κ2) is 6.08. The zero-order chi connectivity index (χ0) is 18.5. The molecule has 1 aliphatic heterocycles. The maximum Gasteiger partial charge on any atom is 0.187 e. The van der Waals surface area contributed by atoms with Crippen molar-refractivity contribution in [2.24, 2.45) is 0 Å².